The van der Waals surface area contributed by atoms with Crippen molar-refractivity contribution in [3.63, 3.8) is 0 Å². The lowest BCUT2D eigenvalue weighted by atomic mass is 9.80. The van der Waals surface area contributed by atoms with Crippen molar-refractivity contribution in [2.24, 2.45) is 17.1 Å². The maximum atomic E-state index is 12.6. The number of H-pyrrole nitrogens is 1. The van der Waals surface area contributed by atoms with Crippen LogP contribution in [0.2, 0.25) is 0 Å². The smallest absolute Gasteiger partial charge is 0.369 e. The molecule has 1 saturated heterocycles. The summed E-state index contributed by atoms with van der Waals surface area (Å²) in [4.78, 5) is 39.2. The first-order chi connectivity index (χ1) is 11.1. The van der Waals surface area contributed by atoms with Crippen LogP contribution in [0.3, 0.4) is 0 Å². The SMILES string of the molecule is NC(=O)[C@]12CCC[C@H]1CN(C(=O)c1ccc(C(F)(F)F)c(=O)[nH]1)C2. The van der Waals surface area contributed by atoms with Crippen LogP contribution in [-0.2, 0) is 11.0 Å². The van der Waals surface area contributed by atoms with Crippen molar-refractivity contribution in [1.29, 1.82) is 0 Å². The Balaban J connectivity index is 1.85. The number of carbonyl (C=O) groups excluding carboxylic acids is 2. The molecule has 130 valence electrons. The number of nitrogens with one attached hydrogen (secondary N) is 1. The summed E-state index contributed by atoms with van der Waals surface area (Å²) in [7, 11) is 0. The Morgan fingerprint density at radius 2 is 2.04 bits per heavy atom. The topological polar surface area (TPSA) is 96.3 Å². The first kappa shape index (κ1) is 16.5. The van der Waals surface area contributed by atoms with Crippen molar-refractivity contribution in [2.75, 3.05) is 13.1 Å². The van der Waals surface area contributed by atoms with Gasteiger partial charge in [0.25, 0.3) is 11.5 Å². The van der Waals surface area contributed by atoms with E-state index in [4.69, 9.17) is 5.73 Å². The summed E-state index contributed by atoms with van der Waals surface area (Å²) in [5.41, 5.74) is 1.80. The molecule has 1 aliphatic carbocycles. The largest absolute Gasteiger partial charge is 0.421 e. The Bertz CT molecular complexity index is 758. The van der Waals surface area contributed by atoms with E-state index in [9.17, 15) is 27.6 Å². The quantitative estimate of drug-likeness (QED) is 0.842. The second-order valence-electron chi connectivity index (χ2n) is 6.41. The molecule has 0 bridgehead atoms. The van der Waals surface area contributed by atoms with E-state index >= 15 is 0 Å². The maximum Gasteiger partial charge on any atom is 0.421 e. The monoisotopic (exact) mass is 343 g/mol. The van der Waals surface area contributed by atoms with E-state index < -0.39 is 34.5 Å². The number of carbonyl (C=O) groups is 2. The molecule has 2 aliphatic rings. The van der Waals surface area contributed by atoms with Gasteiger partial charge in [0.15, 0.2) is 0 Å². The number of amides is 2. The van der Waals surface area contributed by atoms with Crippen molar-refractivity contribution in [3.8, 4) is 0 Å². The predicted molar refractivity (Wildman–Crippen MR) is 76.9 cm³/mol. The van der Waals surface area contributed by atoms with Crippen LogP contribution in [-0.4, -0.2) is 34.8 Å². The molecule has 6 nitrogen and oxygen atoms in total. The minimum absolute atomic E-state index is 0.0416. The summed E-state index contributed by atoms with van der Waals surface area (Å²) in [6.07, 6.45) is -2.56. The molecule has 2 amide bonds. The molecule has 1 aromatic rings. The van der Waals surface area contributed by atoms with Crippen LogP contribution < -0.4 is 11.3 Å². The molecule has 0 aromatic carbocycles. The molecular weight excluding hydrogens is 327 g/mol. The Kier molecular flexibility index (Phi) is 3.69. The van der Waals surface area contributed by atoms with Crippen molar-refractivity contribution in [3.05, 3.63) is 33.7 Å². The van der Waals surface area contributed by atoms with Crippen molar-refractivity contribution in [2.45, 2.75) is 25.4 Å². The molecule has 9 heteroatoms. The predicted octanol–water partition coefficient (Wildman–Crippen LogP) is 1.12. The second kappa shape index (κ2) is 5.35. The number of nitrogens with zero attached hydrogens (tertiary/aromatic N) is 1. The number of aromatic amines is 1. The van der Waals surface area contributed by atoms with Gasteiger partial charge < -0.3 is 15.6 Å². The molecular formula is C15H16F3N3O3. The first-order valence-corrected chi connectivity index (χ1v) is 7.55. The highest BCUT2D eigenvalue weighted by Gasteiger charge is 2.54. The number of nitrogens with two attached hydrogens (primary N) is 1. The zero-order valence-electron chi connectivity index (χ0n) is 12.7. The highest BCUT2D eigenvalue weighted by atomic mass is 19.4. The summed E-state index contributed by atoms with van der Waals surface area (Å²) in [6.45, 7) is 0.444. The molecule has 2 heterocycles. The van der Waals surface area contributed by atoms with E-state index in [0.29, 0.717) is 19.0 Å². The molecule has 2 atom stereocenters. The van der Waals surface area contributed by atoms with Gasteiger partial charge in [-0.1, -0.05) is 6.42 Å². The summed E-state index contributed by atoms with van der Waals surface area (Å²) in [6, 6.07) is 1.53. The number of alkyl halides is 3. The summed E-state index contributed by atoms with van der Waals surface area (Å²) >= 11 is 0. The molecule has 0 radical (unpaired) electrons. The van der Waals surface area contributed by atoms with Crippen LogP contribution in [0, 0.1) is 11.3 Å². The van der Waals surface area contributed by atoms with Crippen molar-refractivity contribution in [1.82, 2.24) is 9.88 Å². The van der Waals surface area contributed by atoms with Crippen LogP contribution in [0.15, 0.2) is 16.9 Å². The van der Waals surface area contributed by atoms with Gasteiger partial charge in [0.1, 0.15) is 11.3 Å². The lowest BCUT2D eigenvalue weighted by Gasteiger charge is -2.24. The van der Waals surface area contributed by atoms with Crippen LogP contribution >= 0.6 is 0 Å². The standard InChI is InChI=1S/C15H16F3N3O3/c16-15(17,18)9-3-4-10(20-11(9)22)12(23)21-6-8-2-1-5-14(8,7-21)13(19)24/h3-4,8H,1-2,5-7H2,(H2,19,24)(H,20,22)/t8-,14-/m0/s1. The number of halogens is 3. The van der Waals surface area contributed by atoms with Crippen molar-refractivity contribution >= 4 is 11.8 Å². The summed E-state index contributed by atoms with van der Waals surface area (Å²) in [5.74, 6) is -1.10. The molecule has 1 saturated carbocycles. The Hall–Kier alpha value is -2.32. The van der Waals surface area contributed by atoms with Gasteiger partial charge in [-0.15, -0.1) is 0 Å². The first-order valence-electron chi connectivity index (χ1n) is 7.55. The van der Waals surface area contributed by atoms with Gasteiger partial charge in [0, 0.05) is 13.1 Å². The van der Waals surface area contributed by atoms with Gasteiger partial charge in [0.05, 0.1) is 5.41 Å². The van der Waals surface area contributed by atoms with Gasteiger partial charge in [0.2, 0.25) is 5.91 Å². The summed E-state index contributed by atoms with van der Waals surface area (Å²) < 4.78 is 37.8. The number of hydrogen-bond donors (Lipinski definition) is 2. The molecule has 0 unspecified atom stereocenters. The number of fused-ring (bicyclic) bond motifs is 1. The van der Waals surface area contributed by atoms with Crippen LogP contribution in [0.4, 0.5) is 13.2 Å². The van der Waals surface area contributed by atoms with E-state index in [2.05, 4.69) is 0 Å². The minimum atomic E-state index is -4.78. The van der Waals surface area contributed by atoms with E-state index in [0.717, 1.165) is 18.9 Å². The van der Waals surface area contributed by atoms with Gasteiger partial charge in [-0.3, -0.25) is 14.4 Å². The second-order valence-corrected chi connectivity index (χ2v) is 6.41. The zero-order valence-corrected chi connectivity index (χ0v) is 12.7. The fourth-order valence-electron chi connectivity index (χ4n) is 3.84. The molecule has 1 aromatic heterocycles. The molecule has 0 spiro atoms. The highest BCUT2D eigenvalue weighted by molar-refractivity contribution is 5.93. The highest BCUT2D eigenvalue weighted by Crippen LogP contribution is 2.48. The average molecular weight is 343 g/mol. The molecule has 24 heavy (non-hydrogen) atoms. The summed E-state index contributed by atoms with van der Waals surface area (Å²) in [5, 5.41) is 0. The lowest BCUT2D eigenvalue weighted by Crippen LogP contribution is -2.42. The zero-order chi connectivity index (χ0) is 17.7. The van der Waals surface area contributed by atoms with Crippen LogP contribution in [0.5, 0.6) is 0 Å². The normalized spacial score (nSPS) is 26.5. The number of primary amides is 1. The minimum Gasteiger partial charge on any atom is -0.369 e. The fourth-order valence-corrected chi connectivity index (χ4v) is 3.84. The van der Waals surface area contributed by atoms with Crippen LogP contribution in [0.25, 0.3) is 0 Å². The lowest BCUT2D eigenvalue weighted by molar-refractivity contribution is -0.138. The third-order valence-electron chi connectivity index (χ3n) is 5.09. The van der Waals surface area contributed by atoms with Crippen LogP contribution in [0.1, 0.15) is 35.3 Å². The average Bonchev–Trinajstić information content (AvgIpc) is 3.02. The van der Waals surface area contributed by atoms with E-state index in [-0.39, 0.29) is 18.2 Å². The Morgan fingerprint density at radius 1 is 1.33 bits per heavy atom. The van der Waals surface area contributed by atoms with Crippen molar-refractivity contribution < 1.29 is 22.8 Å². The maximum absolute atomic E-state index is 12.6. The molecule has 2 fully saturated rings. The molecule has 3 N–H and O–H groups in total. The van der Waals surface area contributed by atoms with Gasteiger partial charge in [-0.25, -0.2) is 0 Å². The Morgan fingerprint density at radius 3 is 2.58 bits per heavy atom. The van der Waals surface area contributed by atoms with E-state index in [1.165, 1.54) is 4.90 Å². The fraction of sp³-hybridized carbons (Fsp3) is 0.533. The number of aromatic nitrogens is 1. The molecule has 1 aliphatic heterocycles. The third-order valence-corrected chi connectivity index (χ3v) is 5.09. The Labute approximate surface area is 134 Å². The third kappa shape index (κ3) is 2.47. The van der Waals surface area contributed by atoms with E-state index in [1.807, 2.05) is 4.98 Å². The van der Waals surface area contributed by atoms with Gasteiger partial charge in [-0.2, -0.15) is 13.2 Å². The molecule has 3 rings (SSSR count). The number of likely N-dealkylation sites (tertiary alicyclic amines) is 1. The number of rotatable bonds is 2. The van der Waals surface area contributed by atoms with Gasteiger partial charge in [-0.05, 0) is 30.9 Å². The van der Waals surface area contributed by atoms with Gasteiger partial charge >= 0.3 is 6.18 Å². The number of hydrogen-bond acceptors (Lipinski definition) is 3. The number of pyridine rings is 1. The van der Waals surface area contributed by atoms with E-state index in [1.54, 1.807) is 0 Å².